The lowest BCUT2D eigenvalue weighted by Crippen LogP contribution is -2.42. The number of carbonyl (C=O) groups is 2. The number of aromatic nitrogens is 4. The zero-order chi connectivity index (χ0) is 30.7. The van der Waals surface area contributed by atoms with E-state index < -0.39 is 29.6 Å². The van der Waals surface area contributed by atoms with Crippen molar-refractivity contribution in [1.29, 1.82) is 0 Å². The van der Waals surface area contributed by atoms with Crippen molar-refractivity contribution in [3.8, 4) is 5.69 Å². The van der Waals surface area contributed by atoms with Crippen LogP contribution in [0.25, 0.3) is 16.6 Å². The summed E-state index contributed by atoms with van der Waals surface area (Å²) < 4.78 is 38.7. The van der Waals surface area contributed by atoms with Gasteiger partial charge in [-0.25, -0.2) is 18.3 Å². The van der Waals surface area contributed by atoms with Gasteiger partial charge in [-0.1, -0.05) is 0 Å². The zero-order valence-electron chi connectivity index (χ0n) is 25.2. The number of carbonyl (C=O) groups excluding carboxylic acids is 2. The van der Waals surface area contributed by atoms with Crippen molar-refractivity contribution in [3.05, 3.63) is 70.2 Å². The number of Topliss-reactive ketones (excluding diaryl/α,β-unsaturated/α-hetero) is 1. The largest absolute Gasteiger partial charge is 0.444 e. The number of nitrogens with one attached hydrogen (secondary N) is 1. The van der Waals surface area contributed by atoms with E-state index in [2.05, 4.69) is 10.4 Å². The number of nitrogens with zero attached hydrogens (tertiary/aromatic N) is 5. The number of ether oxygens (including phenoxy) is 1. The molecule has 2 atom stereocenters. The van der Waals surface area contributed by atoms with Gasteiger partial charge in [0.2, 0.25) is 5.78 Å². The summed E-state index contributed by atoms with van der Waals surface area (Å²) in [6, 6.07) is 5.19. The molecular weight excluding hydrogens is 542 g/mol. The Morgan fingerprint density at radius 3 is 2.43 bits per heavy atom. The molecule has 0 aliphatic carbocycles. The van der Waals surface area contributed by atoms with Crippen LogP contribution in [0.4, 0.5) is 19.3 Å². The number of rotatable bonds is 5. The van der Waals surface area contributed by atoms with Crippen molar-refractivity contribution in [2.24, 2.45) is 7.05 Å². The van der Waals surface area contributed by atoms with Gasteiger partial charge in [-0.15, -0.1) is 0 Å². The number of hydrogen-bond acceptors (Lipinski definition) is 6. The molecule has 1 N–H and O–H groups in total. The van der Waals surface area contributed by atoms with Crippen molar-refractivity contribution in [2.45, 2.75) is 72.6 Å². The molecule has 0 saturated carbocycles. The van der Waals surface area contributed by atoms with Crippen molar-refractivity contribution < 1.29 is 23.1 Å². The molecule has 222 valence electrons. The lowest BCUT2D eigenvalue weighted by molar-refractivity contribution is 0.0158. The number of benzene rings is 2. The molecule has 9 nitrogen and oxygen atoms in total. The Morgan fingerprint density at radius 2 is 1.79 bits per heavy atom. The molecule has 42 heavy (non-hydrogen) atoms. The van der Waals surface area contributed by atoms with Crippen LogP contribution >= 0.6 is 0 Å². The van der Waals surface area contributed by atoms with Crippen molar-refractivity contribution in [3.63, 3.8) is 0 Å². The van der Waals surface area contributed by atoms with Gasteiger partial charge in [-0.05, 0) is 83.9 Å². The van der Waals surface area contributed by atoms with E-state index in [0.717, 1.165) is 0 Å². The van der Waals surface area contributed by atoms with Gasteiger partial charge in [-0.2, -0.15) is 10.2 Å². The smallest absolute Gasteiger partial charge is 0.410 e. The predicted octanol–water partition coefficient (Wildman–Crippen LogP) is 6.19. The van der Waals surface area contributed by atoms with Crippen LogP contribution in [0.3, 0.4) is 0 Å². The number of aryl methyl sites for hydroxylation is 3. The van der Waals surface area contributed by atoms with Crippen molar-refractivity contribution in [1.82, 2.24) is 24.5 Å². The molecule has 0 fully saturated rings. The average Bonchev–Trinajstić information content (AvgIpc) is 3.49. The zero-order valence-corrected chi connectivity index (χ0v) is 25.2. The minimum Gasteiger partial charge on any atom is -0.444 e. The first-order valence-electron chi connectivity index (χ1n) is 14.0. The standard InChI is InChI=1S/C31H36F2N6O3/c1-16-13-20(14-17(2)26(16)32)39-28(25-19(4)38(12-11-22(25)36-39)30(41)42-31(5,6)7)29(40)18(3)35-23-9-10-24-21(27(23)33)15-34-37(24)8/h9-10,13-15,18-19,35H,11-12H2,1-8H3/t18?,19-/m0/s1. The van der Waals surface area contributed by atoms with E-state index in [1.54, 1.807) is 82.4 Å². The number of anilines is 1. The second-order valence-corrected chi connectivity index (χ2v) is 12.0. The molecule has 11 heteroatoms. The van der Waals surface area contributed by atoms with E-state index in [-0.39, 0.29) is 23.0 Å². The molecule has 1 aliphatic rings. The molecule has 0 bridgehead atoms. The Hall–Kier alpha value is -4.28. The van der Waals surface area contributed by atoms with Gasteiger partial charge in [0.1, 0.15) is 17.1 Å². The van der Waals surface area contributed by atoms with E-state index in [0.29, 0.717) is 51.9 Å². The quantitative estimate of drug-likeness (QED) is 0.284. The van der Waals surface area contributed by atoms with Gasteiger partial charge < -0.3 is 15.0 Å². The number of hydrogen-bond donors (Lipinski definition) is 1. The highest BCUT2D eigenvalue weighted by atomic mass is 19.1. The molecule has 1 aliphatic heterocycles. The topological polar surface area (TPSA) is 94.3 Å². The van der Waals surface area contributed by atoms with Crippen molar-refractivity contribution in [2.75, 3.05) is 11.9 Å². The molecule has 4 aromatic rings. The highest BCUT2D eigenvalue weighted by Crippen LogP contribution is 2.36. The molecule has 5 rings (SSSR count). The first kappa shape index (κ1) is 29.2. The lowest BCUT2D eigenvalue weighted by Gasteiger charge is -2.35. The van der Waals surface area contributed by atoms with Crippen LogP contribution in [0, 0.1) is 25.5 Å². The normalized spacial score (nSPS) is 16.0. The van der Waals surface area contributed by atoms with E-state index >= 15 is 4.39 Å². The maximum atomic E-state index is 15.4. The maximum Gasteiger partial charge on any atom is 0.410 e. The second kappa shape index (κ2) is 10.5. The van der Waals surface area contributed by atoms with E-state index in [1.165, 1.54) is 10.9 Å². The van der Waals surface area contributed by atoms with E-state index in [4.69, 9.17) is 9.84 Å². The first-order chi connectivity index (χ1) is 19.7. The summed E-state index contributed by atoms with van der Waals surface area (Å²) in [5, 5.41) is 12.3. The molecule has 0 saturated heterocycles. The summed E-state index contributed by atoms with van der Waals surface area (Å²) in [5.74, 6) is -1.19. The predicted molar refractivity (Wildman–Crippen MR) is 156 cm³/mol. The first-order valence-corrected chi connectivity index (χ1v) is 14.0. The minimum atomic E-state index is -0.875. The molecule has 3 heterocycles. The summed E-state index contributed by atoms with van der Waals surface area (Å²) in [6.07, 6.45) is 1.36. The van der Waals surface area contributed by atoms with Crippen LogP contribution in [0.15, 0.2) is 30.5 Å². The van der Waals surface area contributed by atoms with E-state index in [1.807, 2.05) is 6.92 Å². The van der Waals surface area contributed by atoms with Gasteiger partial charge in [0.15, 0.2) is 5.82 Å². The highest BCUT2D eigenvalue weighted by molar-refractivity contribution is 6.02. The summed E-state index contributed by atoms with van der Waals surface area (Å²) in [7, 11) is 1.73. The van der Waals surface area contributed by atoms with Gasteiger partial charge in [-0.3, -0.25) is 9.48 Å². The van der Waals surface area contributed by atoms with Crippen LogP contribution in [-0.2, 0) is 18.2 Å². The van der Waals surface area contributed by atoms with Gasteiger partial charge >= 0.3 is 6.09 Å². The highest BCUT2D eigenvalue weighted by Gasteiger charge is 2.38. The Labute approximate surface area is 243 Å². The van der Waals surface area contributed by atoms with Crippen LogP contribution in [-0.4, -0.2) is 54.5 Å². The lowest BCUT2D eigenvalue weighted by atomic mass is 9.94. The Bertz CT molecular complexity index is 1690. The van der Waals surface area contributed by atoms with E-state index in [9.17, 15) is 14.0 Å². The van der Waals surface area contributed by atoms with Crippen LogP contribution in [0.5, 0.6) is 0 Å². The number of ketones is 1. The third-order valence-electron chi connectivity index (χ3n) is 7.63. The molecule has 1 amide bonds. The molecular formula is C31H36F2N6O3. The Kier molecular flexibility index (Phi) is 7.32. The fraction of sp³-hybridized carbons (Fsp3) is 0.419. The van der Waals surface area contributed by atoms with Gasteiger partial charge in [0, 0.05) is 25.6 Å². The van der Waals surface area contributed by atoms with Crippen molar-refractivity contribution >= 4 is 28.5 Å². The molecule has 0 spiro atoms. The maximum absolute atomic E-state index is 15.4. The van der Waals surface area contributed by atoms with Gasteiger partial charge in [0.25, 0.3) is 0 Å². The SMILES string of the molecule is Cc1cc(-n2nc3c(c2C(=O)C(C)Nc2ccc4c(cnn4C)c2F)[C@H](C)N(C(=O)OC(C)(C)C)CC3)cc(C)c1F. The molecule has 2 aromatic heterocycles. The number of fused-ring (bicyclic) bond motifs is 2. The third kappa shape index (κ3) is 5.12. The Morgan fingerprint density at radius 1 is 1.12 bits per heavy atom. The fourth-order valence-electron chi connectivity index (χ4n) is 5.52. The minimum absolute atomic E-state index is 0.160. The average molecular weight is 579 g/mol. The van der Waals surface area contributed by atoms with Crippen LogP contribution < -0.4 is 5.32 Å². The third-order valence-corrected chi connectivity index (χ3v) is 7.63. The molecule has 1 unspecified atom stereocenters. The number of amides is 1. The fourth-order valence-corrected chi connectivity index (χ4v) is 5.52. The summed E-state index contributed by atoms with van der Waals surface area (Å²) in [4.78, 5) is 29.0. The molecule has 0 radical (unpaired) electrons. The Balaban J connectivity index is 1.59. The monoisotopic (exact) mass is 578 g/mol. The summed E-state index contributed by atoms with van der Waals surface area (Å²) in [5.41, 5.74) is 2.96. The molecule has 2 aromatic carbocycles. The van der Waals surface area contributed by atoms with Crippen LogP contribution in [0.2, 0.25) is 0 Å². The van der Waals surface area contributed by atoms with Gasteiger partial charge in [0.05, 0.1) is 46.3 Å². The summed E-state index contributed by atoms with van der Waals surface area (Å²) >= 11 is 0. The second-order valence-electron chi connectivity index (χ2n) is 12.0. The summed E-state index contributed by atoms with van der Waals surface area (Å²) in [6.45, 7) is 12.6. The number of halogens is 2. The van der Waals surface area contributed by atoms with Crippen LogP contribution in [0.1, 0.15) is 73.5 Å².